The Morgan fingerprint density at radius 3 is 2.67 bits per heavy atom. The number of nitrogens with zero attached hydrogens (tertiary/aromatic N) is 2. The molecule has 2 rings (SSSR count). The maximum absolute atomic E-state index is 12.2. The first-order valence-corrected chi connectivity index (χ1v) is 6.33. The highest BCUT2D eigenvalue weighted by molar-refractivity contribution is 5.79. The number of hydrogen-bond acceptors (Lipinski definition) is 2. The van der Waals surface area contributed by atoms with Gasteiger partial charge in [-0.3, -0.25) is 4.79 Å². The maximum atomic E-state index is 12.2. The van der Waals surface area contributed by atoms with E-state index < -0.39 is 0 Å². The maximum Gasteiger partial charge on any atom is 0.206 e. The zero-order valence-corrected chi connectivity index (χ0v) is 12.7. The molecule has 0 radical (unpaired) electrons. The fraction of sp³-hybridized carbons (Fsp3) is 0.571. The summed E-state index contributed by atoms with van der Waals surface area (Å²) in [6.07, 6.45) is 4.02. The Hall–Kier alpha value is -0.740. The molecule has 0 atom stereocenters. The molecule has 0 aliphatic carbocycles. The molecule has 1 saturated heterocycles. The lowest BCUT2D eigenvalue weighted by Crippen LogP contribution is -3.00. The molecule has 4 heteroatoms. The van der Waals surface area contributed by atoms with Gasteiger partial charge in [-0.1, -0.05) is 6.07 Å². The first-order valence-electron chi connectivity index (χ1n) is 6.33. The molecule has 0 saturated carbocycles. The molecule has 1 fully saturated rings. The van der Waals surface area contributed by atoms with E-state index in [4.69, 9.17) is 0 Å². The average Bonchev–Trinajstić information content (AvgIpc) is 2.33. The van der Waals surface area contributed by atoms with Gasteiger partial charge in [-0.05, 0) is 33.0 Å². The monoisotopic (exact) mass is 312 g/mol. The van der Waals surface area contributed by atoms with E-state index >= 15 is 0 Å². The lowest BCUT2D eigenvalue weighted by Gasteiger charge is -2.27. The van der Waals surface area contributed by atoms with Crippen LogP contribution < -0.4 is 21.5 Å². The van der Waals surface area contributed by atoms with Gasteiger partial charge in [0.15, 0.2) is 11.9 Å². The second kappa shape index (κ2) is 7.00. The molecule has 0 unspecified atom stereocenters. The van der Waals surface area contributed by atoms with Crippen LogP contribution in [0.25, 0.3) is 0 Å². The third-order valence-corrected chi connectivity index (χ3v) is 3.67. The summed E-state index contributed by atoms with van der Waals surface area (Å²) in [5.74, 6) is 0.649. The predicted octanol–water partition coefficient (Wildman–Crippen LogP) is -1.80. The molecule has 0 aromatic carbocycles. The number of ketones is 1. The highest BCUT2D eigenvalue weighted by atomic mass is 79.9. The van der Waals surface area contributed by atoms with Gasteiger partial charge in [0.05, 0.1) is 0 Å². The van der Waals surface area contributed by atoms with Crippen molar-refractivity contribution in [3.8, 4) is 0 Å². The molecule has 3 nitrogen and oxygen atoms in total. The largest absolute Gasteiger partial charge is 1.00 e. The van der Waals surface area contributed by atoms with Crippen LogP contribution in [0.2, 0.25) is 0 Å². The van der Waals surface area contributed by atoms with Gasteiger partial charge in [0.2, 0.25) is 12.3 Å². The lowest BCUT2D eigenvalue weighted by molar-refractivity contribution is -0.690. The number of carbonyl (C=O) groups excluding carboxylic acids is 1. The van der Waals surface area contributed by atoms with Crippen LogP contribution in [0.1, 0.15) is 18.5 Å². The Kier molecular flexibility index (Phi) is 5.96. The normalized spacial score (nSPS) is 17.2. The van der Waals surface area contributed by atoms with E-state index in [1.54, 1.807) is 0 Å². The molecular formula is C14H21BrN2O. The Balaban J connectivity index is 0.00000162. The quantitative estimate of drug-likeness (QED) is 0.615. The number of carbonyl (C=O) groups is 1. The lowest BCUT2D eigenvalue weighted by atomic mass is 9.92. The highest BCUT2D eigenvalue weighted by Crippen LogP contribution is 2.16. The summed E-state index contributed by atoms with van der Waals surface area (Å²) in [6.45, 7) is 4.67. The van der Waals surface area contributed by atoms with Gasteiger partial charge in [0.25, 0.3) is 0 Å². The first kappa shape index (κ1) is 15.3. The van der Waals surface area contributed by atoms with Crippen molar-refractivity contribution in [2.75, 3.05) is 20.1 Å². The van der Waals surface area contributed by atoms with Crippen molar-refractivity contribution in [2.45, 2.75) is 26.3 Å². The third kappa shape index (κ3) is 3.89. The Morgan fingerprint density at radius 1 is 1.39 bits per heavy atom. The minimum atomic E-state index is 0. The smallest absolute Gasteiger partial charge is 0.206 e. The third-order valence-electron chi connectivity index (χ3n) is 3.67. The SMILES string of the molecule is Cc1cccc[n+]1CC(=O)C1CCN(C)CC1.[Br-]. The average molecular weight is 313 g/mol. The number of hydrogen-bond donors (Lipinski definition) is 0. The first-order chi connectivity index (χ1) is 8.16. The summed E-state index contributed by atoms with van der Waals surface area (Å²) in [5, 5.41) is 0. The molecule has 2 heterocycles. The predicted molar refractivity (Wildman–Crippen MR) is 66.6 cm³/mol. The zero-order valence-electron chi connectivity index (χ0n) is 11.1. The number of pyridine rings is 1. The van der Waals surface area contributed by atoms with Crippen molar-refractivity contribution in [3.05, 3.63) is 30.1 Å². The van der Waals surface area contributed by atoms with Gasteiger partial charge in [0, 0.05) is 25.0 Å². The van der Waals surface area contributed by atoms with Crippen molar-refractivity contribution in [1.29, 1.82) is 0 Å². The molecular weight excluding hydrogens is 292 g/mol. The Labute approximate surface area is 120 Å². The molecule has 100 valence electrons. The van der Waals surface area contributed by atoms with Crippen molar-refractivity contribution >= 4 is 5.78 Å². The molecule has 1 aromatic heterocycles. The van der Waals surface area contributed by atoms with E-state index in [1.807, 2.05) is 35.9 Å². The fourth-order valence-corrected chi connectivity index (χ4v) is 2.37. The van der Waals surface area contributed by atoms with Gasteiger partial charge < -0.3 is 21.9 Å². The van der Waals surface area contributed by atoms with Crippen LogP contribution in [-0.2, 0) is 11.3 Å². The minimum absolute atomic E-state index is 0. The molecule has 1 aliphatic heterocycles. The summed E-state index contributed by atoms with van der Waals surface area (Å²) >= 11 is 0. The molecule has 1 aliphatic rings. The zero-order chi connectivity index (χ0) is 12.3. The van der Waals surface area contributed by atoms with Gasteiger partial charge in [-0.2, -0.15) is 4.57 Å². The van der Waals surface area contributed by atoms with Crippen LogP contribution in [0.5, 0.6) is 0 Å². The standard InChI is InChI=1S/C14H21N2O.BrH/c1-12-5-3-4-8-16(12)11-14(17)13-6-9-15(2)10-7-13;/h3-5,8,13H,6-7,9-11H2,1-2H3;1H/q+1;/p-1. The number of rotatable bonds is 3. The summed E-state index contributed by atoms with van der Waals surface area (Å²) in [4.78, 5) is 14.5. The van der Waals surface area contributed by atoms with Crippen LogP contribution in [0.4, 0.5) is 0 Å². The molecule has 1 aromatic rings. The Bertz CT molecular complexity index is 401. The van der Waals surface area contributed by atoms with Crippen LogP contribution in [0.15, 0.2) is 24.4 Å². The molecule has 0 spiro atoms. The van der Waals surface area contributed by atoms with Crippen LogP contribution in [0, 0.1) is 12.8 Å². The molecule has 0 N–H and O–H groups in total. The number of piperidine rings is 1. The van der Waals surface area contributed by atoms with E-state index in [2.05, 4.69) is 11.9 Å². The van der Waals surface area contributed by atoms with Gasteiger partial charge in [0.1, 0.15) is 0 Å². The van der Waals surface area contributed by atoms with E-state index in [0.717, 1.165) is 31.6 Å². The van der Waals surface area contributed by atoms with Crippen molar-refractivity contribution in [2.24, 2.45) is 5.92 Å². The van der Waals surface area contributed by atoms with E-state index in [-0.39, 0.29) is 22.9 Å². The van der Waals surface area contributed by atoms with Gasteiger partial charge in [-0.25, -0.2) is 0 Å². The van der Waals surface area contributed by atoms with E-state index in [9.17, 15) is 4.79 Å². The van der Waals surface area contributed by atoms with Gasteiger partial charge >= 0.3 is 0 Å². The fourth-order valence-electron chi connectivity index (χ4n) is 2.37. The van der Waals surface area contributed by atoms with E-state index in [1.165, 1.54) is 0 Å². The number of Topliss-reactive ketones (excluding diaryl/α,β-unsaturated/α-hetero) is 1. The van der Waals surface area contributed by atoms with Crippen molar-refractivity contribution < 1.29 is 26.3 Å². The van der Waals surface area contributed by atoms with Crippen LogP contribution in [-0.4, -0.2) is 30.8 Å². The highest BCUT2D eigenvalue weighted by Gasteiger charge is 2.26. The van der Waals surface area contributed by atoms with Gasteiger partial charge in [-0.15, -0.1) is 0 Å². The van der Waals surface area contributed by atoms with E-state index in [0.29, 0.717) is 12.3 Å². The second-order valence-corrected chi connectivity index (χ2v) is 5.01. The summed E-state index contributed by atoms with van der Waals surface area (Å²) < 4.78 is 2.04. The van der Waals surface area contributed by atoms with Crippen LogP contribution in [0.3, 0.4) is 0 Å². The summed E-state index contributed by atoms with van der Waals surface area (Å²) in [5.41, 5.74) is 1.15. The summed E-state index contributed by atoms with van der Waals surface area (Å²) in [7, 11) is 2.12. The Morgan fingerprint density at radius 2 is 2.06 bits per heavy atom. The molecule has 0 bridgehead atoms. The number of likely N-dealkylation sites (tertiary alicyclic amines) is 1. The van der Waals surface area contributed by atoms with Crippen LogP contribution >= 0.6 is 0 Å². The van der Waals surface area contributed by atoms with Crippen molar-refractivity contribution in [3.63, 3.8) is 0 Å². The van der Waals surface area contributed by atoms with Crippen molar-refractivity contribution in [1.82, 2.24) is 4.90 Å². The minimum Gasteiger partial charge on any atom is -1.00 e. The number of aromatic nitrogens is 1. The molecule has 0 amide bonds. The number of aryl methyl sites for hydroxylation is 1. The topological polar surface area (TPSA) is 24.2 Å². The summed E-state index contributed by atoms with van der Waals surface area (Å²) in [6, 6.07) is 6.03. The number of halogens is 1. The second-order valence-electron chi connectivity index (χ2n) is 5.01. The molecule has 18 heavy (non-hydrogen) atoms.